The highest BCUT2D eigenvalue weighted by molar-refractivity contribution is 5.96. The number of hydrogen-bond donors (Lipinski definition) is 3. The van der Waals surface area contributed by atoms with E-state index in [-0.39, 0.29) is 0 Å². The van der Waals surface area contributed by atoms with Crippen molar-refractivity contribution in [2.75, 3.05) is 5.32 Å². The zero-order valence-corrected chi connectivity index (χ0v) is 12.3. The van der Waals surface area contributed by atoms with E-state index in [2.05, 4.69) is 5.32 Å². The lowest BCUT2D eigenvalue weighted by molar-refractivity contribution is -0.137. The predicted octanol–water partition coefficient (Wildman–Crippen LogP) is 3.12. The number of fused-ring (bicyclic) bond motifs is 1. The van der Waals surface area contributed by atoms with Gasteiger partial charge in [0.05, 0.1) is 0 Å². The average Bonchev–Trinajstić information content (AvgIpc) is 2.41. The Labute approximate surface area is 123 Å². The number of anilines is 1. The van der Waals surface area contributed by atoms with Gasteiger partial charge in [0.15, 0.2) is 0 Å². The molecule has 21 heavy (non-hydrogen) atoms. The van der Waals surface area contributed by atoms with Crippen molar-refractivity contribution < 1.29 is 19.8 Å². The standard InChI is InChI=1S/C14H15NO2.C2H4O2/c1-9-7-8-11-5-3-4-6-12(11)13(9)15-10(2)14(16)17;1-2(3)4/h3-8,10,15H,1-2H3,(H,16,17);1H3,(H,3,4)/t10-;/m0./s1. The molecule has 0 saturated heterocycles. The molecule has 0 bridgehead atoms. The molecule has 2 aromatic carbocycles. The number of hydrogen-bond acceptors (Lipinski definition) is 3. The van der Waals surface area contributed by atoms with Crippen LogP contribution in [0.2, 0.25) is 0 Å². The fourth-order valence-corrected chi connectivity index (χ4v) is 1.85. The van der Waals surface area contributed by atoms with Crippen molar-refractivity contribution in [3.63, 3.8) is 0 Å². The van der Waals surface area contributed by atoms with Gasteiger partial charge in [-0.25, -0.2) is 0 Å². The molecule has 0 heterocycles. The van der Waals surface area contributed by atoms with E-state index in [0.717, 1.165) is 28.9 Å². The summed E-state index contributed by atoms with van der Waals surface area (Å²) >= 11 is 0. The van der Waals surface area contributed by atoms with Crippen LogP contribution in [0, 0.1) is 6.92 Å². The highest BCUT2D eigenvalue weighted by Crippen LogP contribution is 2.27. The van der Waals surface area contributed by atoms with Crippen LogP contribution in [0.3, 0.4) is 0 Å². The topological polar surface area (TPSA) is 86.6 Å². The molecule has 0 amide bonds. The largest absolute Gasteiger partial charge is 0.481 e. The number of aryl methyl sites for hydroxylation is 1. The van der Waals surface area contributed by atoms with Crippen LogP contribution in [0.5, 0.6) is 0 Å². The van der Waals surface area contributed by atoms with Crippen LogP contribution < -0.4 is 5.32 Å². The first-order chi connectivity index (χ1) is 9.82. The molecule has 2 aromatic rings. The van der Waals surface area contributed by atoms with E-state index in [9.17, 15) is 4.79 Å². The molecule has 3 N–H and O–H groups in total. The maximum absolute atomic E-state index is 10.9. The Kier molecular flexibility index (Phi) is 5.72. The highest BCUT2D eigenvalue weighted by atomic mass is 16.4. The first-order valence-corrected chi connectivity index (χ1v) is 6.50. The number of carbonyl (C=O) groups is 2. The third kappa shape index (κ3) is 4.80. The lowest BCUT2D eigenvalue weighted by atomic mass is 10.0. The third-order valence-electron chi connectivity index (χ3n) is 2.87. The lowest BCUT2D eigenvalue weighted by Gasteiger charge is -2.15. The molecule has 0 radical (unpaired) electrons. The smallest absolute Gasteiger partial charge is 0.325 e. The van der Waals surface area contributed by atoms with Crippen LogP contribution in [0.4, 0.5) is 5.69 Å². The molecular weight excluding hydrogens is 270 g/mol. The van der Waals surface area contributed by atoms with Crippen molar-refractivity contribution in [3.8, 4) is 0 Å². The van der Waals surface area contributed by atoms with E-state index < -0.39 is 18.0 Å². The summed E-state index contributed by atoms with van der Waals surface area (Å²) in [6.07, 6.45) is 0. The molecule has 1 atom stereocenters. The van der Waals surface area contributed by atoms with Gasteiger partial charge in [-0.3, -0.25) is 9.59 Å². The summed E-state index contributed by atoms with van der Waals surface area (Å²) in [7, 11) is 0. The van der Waals surface area contributed by atoms with Gasteiger partial charge >= 0.3 is 5.97 Å². The zero-order chi connectivity index (χ0) is 16.0. The normalized spacial score (nSPS) is 11.2. The molecule has 0 aromatic heterocycles. The second-order valence-corrected chi connectivity index (χ2v) is 4.70. The minimum Gasteiger partial charge on any atom is -0.481 e. The van der Waals surface area contributed by atoms with E-state index in [0.29, 0.717) is 0 Å². The second-order valence-electron chi connectivity index (χ2n) is 4.70. The molecule has 5 nitrogen and oxygen atoms in total. The minimum absolute atomic E-state index is 0.598. The molecule has 0 aliphatic heterocycles. The monoisotopic (exact) mass is 289 g/mol. The van der Waals surface area contributed by atoms with Gasteiger partial charge in [0, 0.05) is 18.0 Å². The number of carboxylic acid groups (broad SMARTS) is 2. The molecule has 2 rings (SSSR count). The van der Waals surface area contributed by atoms with Crippen LogP contribution in [0.1, 0.15) is 19.4 Å². The third-order valence-corrected chi connectivity index (χ3v) is 2.87. The Balaban J connectivity index is 0.000000491. The first kappa shape index (κ1) is 16.5. The van der Waals surface area contributed by atoms with Gasteiger partial charge in [0.25, 0.3) is 5.97 Å². The maximum atomic E-state index is 10.9. The van der Waals surface area contributed by atoms with Crippen molar-refractivity contribution in [2.24, 2.45) is 0 Å². The molecule has 0 aliphatic rings. The number of rotatable bonds is 3. The average molecular weight is 289 g/mol. The number of nitrogens with one attached hydrogen (secondary N) is 1. The van der Waals surface area contributed by atoms with Gasteiger partial charge in [0.2, 0.25) is 0 Å². The fraction of sp³-hybridized carbons (Fsp3) is 0.250. The molecule has 0 saturated carbocycles. The van der Waals surface area contributed by atoms with Gasteiger partial charge < -0.3 is 15.5 Å². The predicted molar refractivity (Wildman–Crippen MR) is 82.7 cm³/mol. The fourth-order valence-electron chi connectivity index (χ4n) is 1.85. The van der Waals surface area contributed by atoms with E-state index in [4.69, 9.17) is 15.0 Å². The summed E-state index contributed by atoms with van der Waals surface area (Å²) in [6.45, 7) is 4.70. The first-order valence-electron chi connectivity index (χ1n) is 6.50. The molecule has 0 spiro atoms. The number of benzene rings is 2. The van der Waals surface area contributed by atoms with Gasteiger partial charge in [0.1, 0.15) is 6.04 Å². The van der Waals surface area contributed by atoms with Crippen LogP contribution in [0.25, 0.3) is 10.8 Å². The molecule has 5 heteroatoms. The van der Waals surface area contributed by atoms with Crippen LogP contribution in [-0.2, 0) is 9.59 Å². The Morgan fingerprint density at radius 2 is 1.67 bits per heavy atom. The quantitative estimate of drug-likeness (QED) is 0.808. The van der Waals surface area contributed by atoms with Crippen LogP contribution >= 0.6 is 0 Å². The Morgan fingerprint density at radius 3 is 2.24 bits per heavy atom. The van der Waals surface area contributed by atoms with Gasteiger partial charge in [-0.05, 0) is 24.8 Å². The molecular formula is C16H19NO4. The number of carboxylic acids is 2. The highest BCUT2D eigenvalue weighted by Gasteiger charge is 2.13. The lowest BCUT2D eigenvalue weighted by Crippen LogP contribution is -2.25. The summed E-state index contributed by atoms with van der Waals surface area (Å²) in [5.74, 6) is -1.68. The van der Waals surface area contributed by atoms with Crippen LogP contribution in [0.15, 0.2) is 36.4 Å². The summed E-state index contributed by atoms with van der Waals surface area (Å²) in [4.78, 5) is 19.9. The maximum Gasteiger partial charge on any atom is 0.325 e. The Bertz CT molecular complexity index is 648. The van der Waals surface area contributed by atoms with Crippen LogP contribution in [-0.4, -0.2) is 28.2 Å². The second kappa shape index (κ2) is 7.28. The van der Waals surface area contributed by atoms with E-state index in [1.54, 1.807) is 6.92 Å². The van der Waals surface area contributed by atoms with Crippen molar-refractivity contribution in [3.05, 3.63) is 42.0 Å². The SMILES string of the molecule is CC(=O)O.Cc1ccc2ccccc2c1N[C@@H](C)C(=O)O. The van der Waals surface area contributed by atoms with E-state index >= 15 is 0 Å². The van der Waals surface area contributed by atoms with E-state index in [1.165, 1.54) is 0 Å². The summed E-state index contributed by atoms with van der Waals surface area (Å²) in [5, 5.41) is 21.6. The number of aliphatic carboxylic acids is 2. The minimum atomic E-state index is -0.850. The van der Waals surface area contributed by atoms with Gasteiger partial charge in [-0.1, -0.05) is 36.4 Å². The van der Waals surface area contributed by atoms with Gasteiger partial charge in [-0.15, -0.1) is 0 Å². The molecule has 0 fully saturated rings. The van der Waals surface area contributed by atoms with Crippen molar-refractivity contribution in [1.29, 1.82) is 0 Å². The molecule has 0 unspecified atom stereocenters. The van der Waals surface area contributed by atoms with E-state index in [1.807, 2.05) is 43.3 Å². The van der Waals surface area contributed by atoms with Crippen molar-refractivity contribution >= 4 is 28.4 Å². The Hall–Kier alpha value is -2.56. The molecule has 0 aliphatic carbocycles. The van der Waals surface area contributed by atoms with Crippen molar-refractivity contribution in [2.45, 2.75) is 26.8 Å². The molecule has 112 valence electrons. The van der Waals surface area contributed by atoms with Gasteiger partial charge in [-0.2, -0.15) is 0 Å². The summed E-state index contributed by atoms with van der Waals surface area (Å²) in [6, 6.07) is 11.4. The zero-order valence-electron chi connectivity index (χ0n) is 12.3. The van der Waals surface area contributed by atoms with Crippen molar-refractivity contribution in [1.82, 2.24) is 0 Å². The Morgan fingerprint density at radius 1 is 1.10 bits per heavy atom. The summed E-state index contributed by atoms with van der Waals surface area (Å²) < 4.78 is 0. The summed E-state index contributed by atoms with van der Waals surface area (Å²) in [5.41, 5.74) is 1.95.